The van der Waals surface area contributed by atoms with Gasteiger partial charge in [0.15, 0.2) is 17.5 Å². The molecule has 1 unspecified atom stereocenters. The minimum atomic E-state index is -0.948. The lowest BCUT2D eigenvalue weighted by Gasteiger charge is -2.25. The molecule has 1 fully saturated rings. The topological polar surface area (TPSA) is 65.1 Å². The molecule has 1 amide bonds. The van der Waals surface area contributed by atoms with Crippen LogP contribution in [0.4, 0.5) is 0 Å². The summed E-state index contributed by atoms with van der Waals surface area (Å²) in [5, 5.41) is 0. The summed E-state index contributed by atoms with van der Waals surface area (Å²) >= 11 is 10.1. The number of carbonyl (C=O) groups excluding carboxylic acids is 2. The number of benzene rings is 2. The molecule has 3 rings (SSSR count). The Morgan fingerprint density at radius 3 is 2.55 bits per heavy atom. The van der Waals surface area contributed by atoms with Gasteiger partial charge in [0.2, 0.25) is 0 Å². The van der Waals surface area contributed by atoms with Crippen molar-refractivity contribution in [2.24, 2.45) is 0 Å². The Labute approximate surface area is 198 Å². The van der Waals surface area contributed by atoms with E-state index in [1.165, 1.54) is 12.0 Å². The highest BCUT2D eigenvalue weighted by Gasteiger charge is 2.42. The van der Waals surface area contributed by atoms with Gasteiger partial charge in [0.05, 0.1) is 30.2 Å². The normalized spacial score (nSPS) is 15.9. The number of rotatable bonds is 7. The molecule has 0 bridgehead atoms. The third kappa shape index (κ3) is 4.94. The van der Waals surface area contributed by atoms with E-state index in [1.807, 2.05) is 12.1 Å². The van der Waals surface area contributed by atoms with Crippen molar-refractivity contribution in [3.63, 3.8) is 0 Å². The molecule has 0 aliphatic carbocycles. The predicted octanol–water partition coefficient (Wildman–Crippen LogP) is 4.97. The predicted molar refractivity (Wildman–Crippen MR) is 128 cm³/mol. The number of carbonyl (C=O) groups is 2. The molecule has 1 aliphatic rings. The number of thioether (sulfide) groups is 1. The van der Waals surface area contributed by atoms with Crippen LogP contribution >= 0.6 is 39.9 Å². The number of thiocarbonyl (C=S) groups is 1. The first-order valence-corrected chi connectivity index (χ1v) is 11.3. The first-order chi connectivity index (χ1) is 14.9. The van der Waals surface area contributed by atoms with Gasteiger partial charge in [0, 0.05) is 0 Å². The molecule has 0 spiro atoms. The summed E-state index contributed by atoms with van der Waals surface area (Å²) < 4.78 is 16.9. The van der Waals surface area contributed by atoms with E-state index in [0.717, 1.165) is 17.3 Å². The fourth-order valence-electron chi connectivity index (χ4n) is 3.12. The maximum atomic E-state index is 13.3. The van der Waals surface area contributed by atoms with E-state index in [9.17, 15) is 9.59 Å². The van der Waals surface area contributed by atoms with Crippen LogP contribution in [0.2, 0.25) is 0 Å². The summed E-state index contributed by atoms with van der Waals surface area (Å²) in [7, 11) is 3.09. The van der Waals surface area contributed by atoms with E-state index >= 15 is 0 Å². The van der Waals surface area contributed by atoms with Crippen molar-refractivity contribution in [2.75, 3.05) is 20.8 Å². The molecule has 6 nitrogen and oxygen atoms in total. The highest BCUT2D eigenvalue weighted by atomic mass is 79.9. The fourth-order valence-corrected chi connectivity index (χ4v) is 5.06. The largest absolute Gasteiger partial charge is 0.493 e. The third-order valence-corrected chi connectivity index (χ3v) is 6.38. The second-order valence-electron chi connectivity index (χ2n) is 6.36. The van der Waals surface area contributed by atoms with Gasteiger partial charge in [-0.3, -0.25) is 9.69 Å². The molecule has 1 saturated heterocycles. The summed E-state index contributed by atoms with van der Waals surface area (Å²) in [6.07, 6.45) is 1.71. The molecular weight excluding hydrogens is 502 g/mol. The number of hydrogen-bond acceptors (Lipinski definition) is 7. The van der Waals surface area contributed by atoms with E-state index in [0.29, 0.717) is 26.4 Å². The second-order valence-corrected chi connectivity index (χ2v) is 8.89. The van der Waals surface area contributed by atoms with Crippen molar-refractivity contribution in [1.82, 2.24) is 4.90 Å². The lowest BCUT2D eigenvalue weighted by molar-refractivity contribution is -0.151. The van der Waals surface area contributed by atoms with Gasteiger partial charge < -0.3 is 14.2 Å². The fraction of sp³-hybridized carbons (Fsp3) is 0.227. The van der Waals surface area contributed by atoms with Crippen molar-refractivity contribution >= 4 is 62.2 Å². The van der Waals surface area contributed by atoms with Crippen molar-refractivity contribution in [2.45, 2.75) is 13.0 Å². The molecule has 162 valence electrons. The van der Waals surface area contributed by atoms with Crippen LogP contribution in [0, 0.1) is 0 Å². The van der Waals surface area contributed by atoms with E-state index in [4.69, 9.17) is 26.4 Å². The summed E-state index contributed by atoms with van der Waals surface area (Å²) in [4.78, 5) is 27.7. The van der Waals surface area contributed by atoms with Crippen molar-refractivity contribution in [1.29, 1.82) is 0 Å². The van der Waals surface area contributed by atoms with Crippen molar-refractivity contribution in [3.05, 3.63) is 63.0 Å². The highest BCUT2D eigenvalue weighted by molar-refractivity contribution is 9.10. The van der Waals surface area contributed by atoms with E-state index in [2.05, 4.69) is 15.9 Å². The van der Waals surface area contributed by atoms with Gasteiger partial charge in [-0.2, -0.15) is 0 Å². The molecular formula is C22H20BrNO5S2. The lowest BCUT2D eigenvalue weighted by atomic mass is 10.1. The van der Waals surface area contributed by atoms with Crippen LogP contribution in [0.25, 0.3) is 6.08 Å². The Bertz CT molecular complexity index is 1040. The number of amides is 1. The Kier molecular flexibility index (Phi) is 7.74. The molecule has 0 saturated carbocycles. The number of hydrogen-bond donors (Lipinski definition) is 0. The minimum Gasteiger partial charge on any atom is -0.493 e. The molecule has 0 N–H and O–H groups in total. The zero-order chi connectivity index (χ0) is 22.5. The van der Waals surface area contributed by atoms with E-state index < -0.39 is 12.0 Å². The molecule has 1 heterocycles. The SMILES string of the molecule is CCOC(=O)C(c1ccccc1)N1C(=O)/C(=C/c2cc(Br)c(OC)c(OC)c2)SC1=S. The van der Waals surface area contributed by atoms with Crippen LogP contribution in [0.1, 0.15) is 24.1 Å². The number of nitrogens with zero attached hydrogens (tertiary/aromatic N) is 1. The summed E-state index contributed by atoms with van der Waals surface area (Å²) in [6, 6.07) is 11.6. The van der Waals surface area contributed by atoms with Gasteiger partial charge in [0.1, 0.15) is 4.32 Å². The van der Waals surface area contributed by atoms with Crippen molar-refractivity contribution < 1.29 is 23.8 Å². The monoisotopic (exact) mass is 521 g/mol. The van der Waals surface area contributed by atoms with Gasteiger partial charge in [0.25, 0.3) is 5.91 Å². The summed E-state index contributed by atoms with van der Waals surface area (Å²) in [5.41, 5.74) is 1.35. The number of ether oxygens (including phenoxy) is 3. The molecule has 2 aromatic carbocycles. The number of methoxy groups -OCH3 is 2. The number of halogens is 1. The Hall–Kier alpha value is -2.36. The minimum absolute atomic E-state index is 0.201. The Morgan fingerprint density at radius 2 is 1.94 bits per heavy atom. The lowest BCUT2D eigenvalue weighted by Crippen LogP contribution is -2.38. The molecule has 1 atom stereocenters. The molecule has 31 heavy (non-hydrogen) atoms. The van der Waals surface area contributed by atoms with Crippen LogP contribution in [0.15, 0.2) is 51.8 Å². The Balaban J connectivity index is 1.99. The zero-order valence-corrected chi connectivity index (χ0v) is 20.3. The maximum Gasteiger partial charge on any atom is 0.333 e. The van der Waals surface area contributed by atoms with Crippen LogP contribution < -0.4 is 9.47 Å². The first-order valence-electron chi connectivity index (χ1n) is 9.31. The average molecular weight is 522 g/mol. The summed E-state index contributed by atoms with van der Waals surface area (Å²) in [6.45, 7) is 1.92. The highest BCUT2D eigenvalue weighted by Crippen LogP contribution is 2.41. The molecule has 0 radical (unpaired) electrons. The van der Waals surface area contributed by atoms with Crippen LogP contribution in [0.3, 0.4) is 0 Å². The second kappa shape index (κ2) is 10.3. The van der Waals surface area contributed by atoms with Gasteiger partial charge in [-0.25, -0.2) is 4.79 Å². The molecule has 1 aliphatic heterocycles. The van der Waals surface area contributed by atoms with Gasteiger partial charge in [-0.1, -0.05) is 54.3 Å². The van der Waals surface area contributed by atoms with Crippen LogP contribution in [0.5, 0.6) is 11.5 Å². The summed E-state index contributed by atoms with van der Waals surface area (Å²) in [5.74, 6) is 0.189. The van der Waals surface area contributed by atoms with Gasteiger partial charge in [-0.05, 0) is 52.2 Å². The van der Waals surface area contributed by atoms with Gasteiger partial charge in [-0.15, -0.1) is 0 Å². The van der Waals surface area contributed by atoms with Crippen LogP contribution in [-0.2, 0) is 14.3 Å². The molecule has 0 aromatic heterocycles. The first kappa shape index (κ1) is 23.3. The zero-order valence-electron chi connectivity index (χ0n) is 17.1. The van der Waals surface area contributed by atoms with Gasteiger partial charge >= 0.3 is 5.97 Å². The van der Waals surface area contributed by atoms with E-state index in [-0.39, 0.29) is 16.8 Å². The average Bonchev–Trinajstić information content (AvgIpc) is 3.02. The standard InChI is InChI=1S/C22H20BrNO5S2/c1-4-29-21(26)18(14-8-6-5-7-9-14)24-20(25)17(31-22(24)30)12-13-10-15(23)19(28-3)16(11-13)27-2/h5-12,18H,4H2,1-3H3/b17-12-. The quantitative estimate of drug-likeness (QED) is 0.289. The Morgan fingerprint density at radius 1 is 1.23 bits per heavy atom. The maximum absolute atomic E-state index is 13.3. The molecule has 2 aromatic rings. The molecule has 9 heteroatoms. The third-order valence-electron chi connectivity index (χ3n) is 4.46. The van der Waals surface area contributed by atoms with Crippen molar-refractivity contribution in [3.8, 4) is 11.5 Å². The van der Waals surface area contributed by atoms with E-state index in [1.54, 1.807) is 50.4 Å². The number of esters is 1. The smallest absolute Gasteiger partial charge is 0.333 e. The van der Waals surface area contributed by atoms with Crippen LogP contribution in [-0.4, -0.2) is 41.9 Å².